The van der Waals surface area contributed by atoms with E-state index in [4.69, 9.17) is 10.3 Å². The minimum atomic E-state index is 0.0525. The summed E-state index contributed by atoms with van der Waals surface area (Å²) in [7, 11) is 0. The van der Waals surface area contributed by atoms with E-state index < -0.39 is 0 Å². The highest BCUT2D eigenvalue weighted by molar-refractivity contribution is 5.95. The number of carbonyl (C=O) groups is 1. The van der Waals surface area contributed by atoms with Gasteiger partial charge in [0.2, 0.25) is 0 Å². The fourth-order valence-corrected chi connectivity index (χ4v) is 3.31. The smallest absolute Gasteiger partial charge is 0.259 e. The summed E-state index contributed by atoms with van der Waals surface area (Å²) in [4.78, 5) is 14.3. The number of nitrogens with zero attached hydrogens (tertiary/aromatic N) is 2. The van der Waals surface area contributed by atoms with Crippen molar-refractivity contribution in [2.45, 2.75) is 32.2 Å². The number of amides is 1. The standard InChI is InChI=1S/C13H19N3O2/c1-8-12(5-15-18-8)13(17)16-6-9-2-3-11(14)4-10(9)7-16/h5,9-11H,2-4,6-7,14H2,1H3/t9-,10+,11?/m1/s1. The molecule has 0 aromatic carbocycles. The van der Waals surface area contributed by atoms with Gasteiger partial charge in [0.1, 0.15) is 11.3 Å². The van der Waals surface area contributed by atoms with Crippen LogP contribution in [0, 0.1) is 18.8 Å². The predicted molar refractivity (Wildman–Crippen MR) is 65.9 cm³/mol. The van der Waals surface area contributed by atoms with Crippen LogP contribution in [0.1, 0.15) is 35.4 Å². The first-order valence-electron chi connectivity index (χ1n) is 6.61. The molecule has 1 aliphatic heterocycles. The second kappa shape index (κ2) is 4.39. The first kappa shape index (κ1) is 11.7. The van der Waals surface area contributed by atoms with Crippen LogP contribution in [0.15, 0.2) is 10.7 Å². The Hall–Kier alpha value is -1.36. The normalized spacial score (nSPS) is 31.4. The highest BCUT2D eigenvalue weighted by Crippen LogP contribution is 2.36. The molecule has 18 heavy (non-hydrogen) atoms. The summed E-state index contributed by atoms with van der Waals surface area (Å²) in [5, 5.41) is 3.67. The molecule has 2 fully saturated rings. The lowest BCUT2D eigenvalue weighted by molar-refractivity contribution is 0.0782. The number of aromatic nitrogens is 1. The van der Waals surface area contributed by atoms with Gasteiger partial charge in [0.25, 0.3) is 5.91 Å². The quantitative estimate of drug-likeness (QED) is 0.811. The molecular weight excluding hydrogens is 230 g/mol. The zero-order valence-corrected chi connectivity index (χ0v) is 10.6. The zero-order chi connectivity index (χ0) is 12.7. The Morgan fingerprint density at radius 1 is 1.44 bits per heavy atom. The van der Waals surface area contributed by atoms with Gasteiger partial charge in [-0.05, 0) is 38.0 Å². The van der Waals surface area contributed by atoms with Gasteiger partial charge in [-0.2, -0.15) is 0 Å². The lowest BCUT2D eigenvalue weighted by Gasteiger charge is -2.27. The third-order valence-corrected chi connectivity index (χ3v) is 4.36. The number of hydrogen-bond donors (Lipinski definition) is 1. The van der Waals surface area contributed by atoms with Gasteiger partial charge in [0, 0.05) is 19.1 Å². The van der Waals surface area contributed by atoms with Gasteiger partial charge in [-0.1, -0.05) is 5.16 Å². The maximum atomic E-state index is 12.3. The number of hydrogen-bond acceptors (Lipinski definition) is 4. The molecule has 3 atom stereocenters. The van der Waals surface area contributed by atoms with Gasteiger partial charge in [-0.3, -0.25) is 4.79 Å². The van der Waals surface area contributed by atoms with E-state index in [2.05, 4.69) is 5.16 Å². The van der Waals surface area contributed by atoms with E-state index in [9.17, 15) is 4.79 Å². The first-order valence-corrected chi connectivity index (χ1v) is 6.61. The van der Waals surface area contributed by atoms with E-state index >= 15 is 0 Å². The molecule has 1 amide bonds. The van der Waals surface area contributed by atoms with Crippen LogP contribution < -0.4 is 5.73 Å². The number of nitrogens with two attached hydrogens (primary N) is 1. The summed E-state index contributed by atoms with van der Waals surface area (Å²) in [6.45, 7) is 3.47. The topological polar surface area (TPSA) is 72.4 Å². The SMILES string of the molecule is Cc1oncc1C(=O)N1C[C@H]2CCC(N)C[C@H]2C1. The predicted octanol–water partition coefficient (Wildman–Crippen LogP) is 1.18. The zero-order valence-electron chi connectivity index (χ0n) is 10.6. The molecule has 1 saturated carbocycles. The van der Waals surface area contributed by atoms with Crippen molar-refractivity contribution in [1.82, 2.24) is 10.1 Å². The molecule has 1 aromatic heterocycles. The highest BCUT2D eigenvalue weighted by atomic mass is 16.5. The lowest BCUT2D eigenvalue weighted by Crippen LogP contribution is -2.32. The van der Waals surface area contributed by atoms with E-state index in [-0.39, 0.29) is 5.91 Å². The molecule has 1 aliphatic carbocycles. The summed E-state index contributed by atoms with van der Waals surface area (Å²) < 4.78 is 4.96. The fourth-order valence-electron chi connectivity index (χ4n) is 3.31. The number of rotatable bonds is 1. The molecule has 3 rings (SSSR count). The largest absolute Gasteiger partial charge is 0.361 e. The summed E-state index contributed by atoms with van der Waals surface area (Å²) in [6.07, 6.45) is 4.82. The fraction of sp³-hybridized carbons (Fsp3) is 0.692. The molecule has 1 saturated heterocycles. The van der Waals surface area contributed by atoms with Crippen LogP contribution in [0.5, 0.6) is 0 Å². The van der Waals surface area contributed by atoms with Crippen molar-refractivity contribution in [3.63, 3.8) is 0 Å². The Morgan fingerprint density at radius 2 is 2.22 bits per heavy atom. The van der Waals surface area contributed by atoms with Crippen LogP contribution in [0.3, 0.4) is 0 Å². The van der Waals surface area contributed by atoms with Gasteiger partial charge in [-0.15, -0.1) is 0 Å². The summed E-state index contributed by atoms with van der Waals surface area (Å²) in [5.74, 6) is 1.87. The van der Waals surface area contributed by atoms with Crippen LogP contribution in [-0.4, -0.2) is 35.1 Å². The Morgan fingerprint density at radius 3 is 2.94 bits per heavy atom. The van der Waals surface area contributed by atoms with E-state index in [1.807, 2.05) is 4.90 Å². The van der Waals surface area contributed by atoms with E-state index in [0.29, 0.717) is 29.2 Å². The summed E-state index contributed by atoms with van der Waals surface area (Å²) >= 11 is 0. The Balaban J connectivity index is 1.72. The third-order valence-electron chi connectivity index (χ3n) is 4.36. The highest BCUT2D eigenvalue weighted by Gasteiger charge is 2.39. The van der Waals surface area contributed by atoms with Gasteiger partial charge < -0.3 is 15.2 Å². The van der Waals surface area contributed by atoms with Crippen LogP contribution >= 0.6 is 0 Å². The summed E-state index contributed by atoms with van der Waals surface area (Å²) in [5.41, 5.74) is 6.60. The van der Waals surface area contributed by atoms with Crippen LogP contribution in [-0.2, 0) is 0 Å². The Bertz CT molecular complexity index is 457. The molecule has 0 bridgehead atoms. The molecule has 0 radical (unpaired) electrons. The van der Waals surface area contributed by atoms with Crippen LogP contribution in [0.2, 0.25) is 0 Å². The lowest BCUT2D eigenvalue weighted by atomic mass is 9.79. The molecule has 2 aliphatic rings. The average Bonchev–Trinajstić information content (AvgIpc) is 2.93. The van der Waals surface area contributed by atoms with Gasteiger partial charge >= 0.3 is 0 Å². The van der Waals surface area contributed by atoms with Crippen molar-refractivity contribution in [3.05, 3.63) is 17.5 Å². The Labute approximate surface area is 106 Å². The molecule has 2 N–H and O–H groups in total. The molecule has 5 heteroatoms. The number of aryl methyl sites for hydroxylation is 1. The van der Waals surface area contributed by atoms with Crippen molar-refractivity contribution in [2.75, 3.05) is 13.1 Å². The molecule has 2 heterocycles. The molecule has 1 unspecified atom stereocenters. The van der Waals surface area contributed by atoms with E-state index in [1.54, 1.807) is 6.92 Å². The second-order valence-electron chi connectivity index (χ2n) is 5.60. The van der Waals surface area contributed by atoms with Crippen molar-refractivity contribution >= 4 is 5.91 Å². The molecular formula is C13H19N3O2. The van der Waals surface area contributed by atoms with E-state index in [1.165, 1.54) is 6.20 Å². The minimum absolute atomic E-state index is 0.0525. The summed E-state index contributed by atoms with van der Waals surface area (Å²) in [6, 6.07) is 0.318. The molecule has 0 spiro atoms. The second-order valence-corrected chi connectivity index (χ2v) is 5.60. The van der Waals surface area contributed by atoms with Crippen LogP contribution in [0.4, 0.5) is 0 Å². The monoisotopic (exact) mass is 249 g/mol. The minimum Gasteiger partial charge on any atom is -0.361 e. The third kappa shape index (κ3) is 1.92. The average molecular weight is 249 g/mol. The Kier molecular flexibility index (Phi) is 2.86. The van der Waals surface area contributed by atoms with Gasteiger partial charge in [0.15, 0.2) is 0 Å². The molecule has 5 nitrogen and oxygen atoms in total. The van der Waals surface area contributed by atoms with Crippen molar-refractivity contribution in [1.29, 1.82) is 0 Å². The first-order chi connectivity index (χ1) is 8.65. The van der Waals surface area contributed by atoms with Gasteiger partial charge in [-0.25, -0.2) is 0 Å². The maximum Gasteiger partial charge on any atom is 0.259 e. The number of carbonyl (C=O) groups excluding carboxylic acids is 1. The van der Waals surface area contributed by atoms with Crippen molar-refractivity contribution in [2.24, 2.45) is 17.6 Å². The molecule has 1 aromatic rings. The van der Waals surface area contributed by atoms with Crippen molar-refractivity contribution < 1.29 is 9.32 Å². The number of likely N-dealkylation sites (tertiary alicyclic amines) is 1. The maximum absolute atomic E-state index is 12.3. The van der Waals surface area contributed by atoms with Crippen molar-refractivity contribution in [3.8, 4) is 0 Å². The molecule has 98 valence electrons. The van der Waals surface area contributed by atoms with E-state index in [0.717, 1.165) is 32.4 Å². The number of fused-ring (bicyclic) bond motifs is 1. The van der Waals surface area contributed by atoms with Crippen LogP contribution in [0.25, 0.3) is 0 Å². The van der Waals surface area contributed by atoms with Gasteiger partial charge in [0.05, 0.1) is 6.20 Å².